The van der Waals surface area contributed by atoms with E-state index in [0.717, 1.165) is 50.7 Å². The number of nitrogens with one attached hydrogen (secondary N) is 1. The van der Waals surface area contributed by atoms with Gasteiger partial charge in [0, 0.05) is 5.41 Å². The molecule has 0 aromatic heterocycles. The molecule has 4 aliphatic rings. The molecule has 3 fully saturated rings. The second-order valence-corrected chi connectivity index (χ2v) is 12.7. The van der Waals surface area contributed by atoms with E-state index in [1.165, 1.54) is 12.7 Å². The minimum absolute atomic E-state index is 0.0704. The second-order valence-electron chi connectivity index (χ2n) is 12.7. The highest BCUT2D eigenvalue weighted by molar-refractivity contribution is 5.96. The number of rotatable bonds is 7. The van der Waals surface area contributed by atoms with Crippen LogP contribution in [0.25, 0.3) is 0 Å². The number of aliphatic hydroxyl groups is 1. The first-order valence-corrected chi connectivity index (χ1v) is 14.6. The van der Waals surface area contributed by atoms with Gasteiger partial charge in [0.1, 0.15) is 5.60 Å². The van der Waals surface area contributed by atoms with Crippen LogP contribution in [0.5, 0.6) is 0 Å². The largest absolute Gasteiger partial charge is 0.467 e. The molecule has 1 aromatic rings. The molecule has 0 aliphatic heterocycles. The molecule has 8 heteroatoms. The summed E-state index contributed by atoms with van der Waals surface area (Å²) < 4.78 is 4.86. The Morgan fingerprint density at radius 1 is 1.05 bits per heavy atom. The minimum Gasteiger partial charge on any atom is -0.467 e. The number of benzene rings is 1. The number of allylic oxidation sites excluding steroid dienone is 2. The quantitative estimate of drug-likeness (QED) is 0.377. The SMILES string of the molecule is COC(=O)C(NC(=O)CO/N=C1\C=C2CCC3C(CCC4(C)C3CC[C@]4(O)C(C)=O)C2(C)CC1)c1ccccc1. The van der Waals surface area contributed by atoms with Crippen LogP contribution >= 0.6 is 0 Å². The number of esters is 1. The Kier molecular flexibility index (Phi) is 7.68. The molecule has 0 spiro atoms. The molecule has 5 rings (SSSR count). The van der Waals surface area contributed by atoms with Crippen molar-refractivity contribution in [3.8, 4) is 0 Å². The highest BCUT2D eigenvalue weighted by Gasteiger charge is 2.65. The third-order valence-corrected chi connectivity index (χ3v) is 11.0. The Bertz CT molecular complexity index is 1230. The van der Waals surface area contributed by atoms with Crippen LogP contribution in [0, 0.1) is 28.6 Å². The number of fused-ring (bicyclic) bond motifs is 5. The number of methoxy groups -OCH3 is 1. The summed E-state index contributed by atoms with van der Waals surface area (Å²) >= 11 is 0. The van der Waals surface area contributed by atoms with Crippen LogP contribution in [0.2, 0.25) is 0 Å². The van der Waals surface area contributed by atoms with Gasteiger partial charge in [-0.3, -0.25) is 9.59 Å². The molecule has 1 aromatic carbocycles. The predicted molar refractivity (Wildman–Crippen MR) is 150 cm³/mol. The third-order valence-electron chi connectivity index (χ3n) is 11.0. The van der Waals surface area contributed by atoms with Gasteiger partial charge in [-0.2, -0.15) is 0 Å². The van der Waals surface area contributed by atoms with E-state index >= 15 is 0 Å². The molecule has 1 amide bonds. The standard InChI is InChI=1S/C32H42N2O6/c1-20(35)32(38)17-14-26-24-11-10-22-18-23(12-15-30(22,2)25(24)13-16-31(26,32)3)34-40-19-27(36)33-28(29(37)39-4)21-8-6-5-7-9-21/h5-9,18,24-26,28,38H,10-17,19H2,1-4H3,(H,33,36)/b34-23-/t24?,25?,26?,28?,30?,31?,32-/m0/s1. The second kappa shape index (κ2) is 10.8. The fourth-order valence-corrected chi connectivity index (χ4v) is 8.66. The first-order valence-electron chi connectivity index (χ1n) is 14.6. The Labute approximate surface area is 236 Å². The van der Waals surface area contributed by atoms with Crippen molar-refractivity contribution in [2.75, 3.05) is 13.7 Å². The topological polar surface area (TPSA) is 114 Å². The Balaban J connectivity index is 1.23. The average Bonchev–Trinajstić information content (AvgIpc) is 3.23. The van der Waals surface area contributed by atoms with Crippen molar-refractivity contribution >= 4 is 23.4 Å². The fraction of sp³-hybridized carbons (Fsp3) is 0.625. The van der Waals surface area contributed by atoms with Gasteiger partial charge in [-0.15, -0.1) is 0 Å². The normalized spacial score (nSPS) is 36.4. The molecule has 8 nitrogen and oxygen atoms in total. The number of hydrogen-bond acceptors (Lipinski definition) is 7. The lowest BCUT2D eigenvalue weighted by molar-refractivity contribution is -0.159. The summed E-state index contributed by atoms with van der Waals surface area (Å²) in [6.45, 7) is 5.79. The molecule has 3 saturated carbocycles. The first-order chi connectivity index (χ1) is 19.0. The maximum absolute atomic E-state index is 12.6. The number of carbonyl (C=O) groups excluding carboxylic acids is 3. The lowest BCUT2D eigenvalue weighted by atomic mass is 9.46. The van der Waals surface area contributed by atoms with Crippen molar-refractivity contribution < 1.29 is 29.1 Å². The Morgan fingerprint density at radius 2 is 1.77 bits per heavy atom. The zero-order valence-electron chi connectivity index (χ0n) is 24.1. The molecule has 4 aliphatic carbocycles. The maximum atomic E-state index is 12.6. The van der Waals surface area contributed by atoms with Crippen molar-refractivity contribution in [3.63, 3.8) is 0 Å². The summed E-state index contributed by atoms with van der Waals surface area (Å²) in [6.07, 6.45) is 9.33. The number of ketones is 1. The van der Waals surface area contributed by atoms with Crippen molar-refractivity contribution in [3.05, 3.63) is 47.5 Å². The monoisotopic (exact) mass is 550 g/mol. The van der Waals surface area contributed by atoms with Gasteiger partial charge in [-0.1, -0.05) is 54.9 Å². The zero-order chi connectivity index (χ0) is 28.7. The van der Waals surface area contributed by atoms with Gasteiger partial charge in [0.15, 0.2) is 18.4 Å². The number of hydrogen-bond donors (Lipinski definition) is 2. The fourth-order valence-electron chi connectivity index (χ4n) is 8.66. The van der Waals surface area contributed by atoms with Crippen molar-refractivity contribution in [2.24, 2.45) is 33.7 Å². The molecule has 40 heavy (non-hydrogen) atoms. The van der Waals surface area contributed by atoms with E-state index in [4.69, 9.17) is 9.57 Å². The first kappa shape index (κ1) is 28.5. The summed E-state index contributed by atoms with van der Waals surface area (Å²) in [4.78, 5) is 42.7. The van der Waals surface area contributed by atoms with Crippen molar-refractivity contribution in [1.29, 1.82) is 0 Å². The van der Waals surface area contributed by atoms with Gasteiger partial charge in [-0.05, 0) is 93.1 Å². The van der Waals surface area contributed by atoms with Crippen molar-refractivity contribution in [1.82, 2.24) is 5.32 Å². The average molecular weight is 551 g/mol. The summed E-state index contributed by atoms with van der Waals surface area (Å²) in [5, 5.41) is 18.3. The molecular formula is C32H42N2O6. The van der Waals surface area contributed by atoms with Gasteiger partial charge in [0.05, 0.1) is 12.8 Å². The molecular weight excluding hydrogens is 508 g/mol. The van der Waals surface area contributed by atoms with E-state index in [1.54, 1.807) is 31.2 Å². The predicted octanol–water partition coefficient (Wildman–Crippen LogP) is 4.67. The van der Waals surface area contributed by atoms with E-state index in [2.05, 4.69) is 30.4 Å². The molecule has 0 heterocycles. The Morgan fingerprint density at radius 3 is 2.48 bits per heavy atom. The zero-order valence-corrected chi connectivity index (χ0v) is 24.1. The van der Waals surface area contributed by atoms with E-state index in [-0.39, 0.29) is 23.2 Å². The van der Waals surface area contributed by atoms with Crippen LogP contribution in [0.4, 0.5) is 0 Å². The van der Waals surface area contributed by atoms with Crippen LogP contribution < -0.4 is 5.32 Å². The highest BCUT2D eigenvalue weighted by atomic mass is 16.6. The van der Waals surface area contributed by atoms with Crippen LogP contribution in [-0.2, 0) is 24.0 Å². The molecule has 6 unspecified atom stereocenters. The van der Waals surface area contributed by atoms with E-state index in [1.807, 2.05) is 6.07 Å². The number of ether oxygens (including phenoxy) is 1. The minimum atomic E-state index is -1.19. The molecule has 2 N–H and O–H groups in total. The van der Waals surface area contributed by atoms with Gasteiger partial charge in [0.25, 0.3) is 5.91 Å². The summed E-state index contributed by atoms with van der Waals surface area (Å²) in [6, 6.07) is 8.03. The molecule has 0 saturated heterocycles. The number of nitrogens with zero attached hydrogens (tertiary/aromatic N) is 1. The van der Waals surface area contributed by atoms with Crippen LogP contribution in [0.3, 0.4) is 0 Å². The summed E-state index contributed by atoms with van der Waals surface area (Å²) in [7, 11) is 1.29. The number of amides is 1. The number of oxime groups is 1. The number of Topliss-reactive ketones (excluding diaryl/α,β-unsaturated/α-hetero) is 1. The van der Waals surface area contributed by atoms with E-state index in [9.17, 15) is 19.5 Å². The van der Waals surface area contributed by atoms with E-state index < -0.39 is 23.5 Å². The molecule has 7 atom stereocenters. The van der Waals surface area contributed by atoms with Crippen LogP contribution in [-0.4, -0.2) is 47.8 Å². The smallest absolute Gasteiger partial charge is 0.333 e. The molecule has 0 bridgehead atoms. The molecule has 0 radical (unpaired) electrons. The lowest BCUT2D eigenvalue weighted by Crippen LogP contribution is -2.57. The molecule has 216 valence electrons. The third kappa shape index (κ3) is 4.68. The summed E-state index contributed by atoms with van der Waals surface area (Å²) in [5.41, 5.74) is 1.41. The number of carbonyl (C=O) groups is 3. The summed E-state index contributed by atoms with van der Waals surface area (Å²) in [5.74, 6) is 0.336. The highest BCUT2D eigenvalue weighted by Crippen LogP contribution is 2.67. The van der Waals surface area contributed by atoms with Gasteiger partial charge in [0.2, 0.25) is 0 Å². The van der Waals surface area contributed by atoms with Crippen molar-refractivity contribution in [2.45, 2.75) is 83.8 Å². The maximum Gasteiger partial charge on any atom is 0.333 e. The van der Waals surface area contributed by atoms with Crippen LogP contribution in [0.1, 0.15) is 83.7 Å². The van der Waals surface area contributed by atoms with Crippen LogP contribution in [0.15, 0.2) is 47.1 Å². The van der Waals surface area contributed by atoms with Gasteiger partial charge >= 0.3 is 5.97 Å². The van der Waals surface area contributed by atoms with Gasteiger partial charge < -0.3 is 20.0 Å². The van der Waals surface area contributed by atoms with E-state index in [0.29, 0.717) is 29.7 Å². The van der Waals surface area contributed by atoms with Gasteiger partial charge in [-0.25, -0.2) is 4.79 Å². The Hall–Kier alpha value is -3.00. The lowest BCUT2D eigenvalue weighted by Gasteiger charge is -2.59.